The van der Waals surface area contributed by atoms with Crippen molar-refractivity contribution >= 4 is 0 Å². The molecular weight excluding hydrogens is 116 g/mol. The van der Waals surface area contributed by atoms with Gasteiger partial charge in [-0.1, -0.05) is 6.92 Å². The Balaban J connectivity index is 3.18. The molecule has 0 saturated carbocycles. The molecule has 0 aromatic carbocycles. The summed E-state index contributed by atoms with van der Waals surface area (Å²) in [6.45, 7) is 3.05. The number of ether oxygens (including phenoxy) is 2. The van der Waals surface area contributed by atoms with Gasteiger partial charge in [-0.15, -0.1) is 0 Å². The largest absolute Gasteiger partial charge is 0.372 e. The molecule has 0 aromatic rings. The van der Waals surface area contributed by atoms with Crippen LogP contribution in [0.5, 0.6) is 0 Å². The van der Waals surface area contributed by atoms with E-state index in [4.69, 9.17) is 14.2 Å². The van der Waals surface area contributed by atoms with Gasteiger partial charge in [-0.05, 0) is 6.42 Å². The fraction of sp³-hybridized carbons (Fsp3) is 0.714. The summed E-state index contributed by atoms with van der Waals surface area (Å²) >= 11 is 0. The zero-order valence-electron chi connectivity index (χ0n) is 5.67. The lowest BCUT2D eigenvalue weighted by molar-refractivity contribution is 0.115. The van der Waals surface area contributed by atoms with Crippen LogP contribution in [0.4, 0.5) is 0 Å². The molecule has 0 bridgehead atoms. The third-order valence-corrected chi connectivity index (χ3v) is 1.24. The molecule has 0 fully saturated rings. The molecule has 0 aliphatic rings. The number of rotatable bonds is 5. The van der Waals surface area contributed by atoms with Gasteiger partial charge in [0.15, 0.2) is 0 Å². The molecule has 0 spiro atoms. The zero-order valence-corrected chi connectivity index (χ0v) is 5.67. The summed E-state index contributed by atoms with van der Waals surface area (Å²) in [7, 11) is 9.68. The van der Waals surface area contributed by atoms with Gasteiger partial charge in [0.2, 0.25) is 0 Å². The second-order valence-corrected chi connectivity index (χ2v) is 1.94. The fourth-order valence-corrected chi connectivity index (χ4v) is 0.556. The predicted molar refractivity (Wildman–Crippen MR) is 34.3 cm³/mol. The Morgan fingerprint density at radius 2 is 1.67 bits per heavy atom. The van der Waals surface area contributed by atoms with Crippen LogP contribution in [0.2, 0.25) is 0 Å². The maximum absolute atomic E-state index is 4.84. The molecule has 0 unspecified atom stereocenters. The van der Waals surface area contributed by atoms with E-state index in [1.54, 1.807) is 0 Å². The highest BCUT2D eigenvalue weighted by Gasteiger charge is 2.03. The molecule has 52 valence electrons. The molecule has 9 heavy (non-hydrogen) atoms. The zero-order chi connectivity index (χ0) is 7.11. The molecule has 0 aromatic heterocycles. The molecule has 0 N–H and O–H groups in total. The molecule has 0 rings (SSSR count). The van der Waals surface area contributed by atoms with Crippen molar-refractivity contribution in [3.63, 3.8) is 0 Å². The van der Waals surface area contributed by atoms with Crippen LogP contribution in [-0.2, 0) is 9.47 Å². The maximum atomic E-state index is 4.84. The quantitative estimate of drug-likeness (QED) is 0.557. The van der Waals surface area contributed by atoms with Crippen LogP contribution in [0.1, 0.15) is 13.3 Å². The minimum Gasteiger partial charge on any atom is -0.372 e. The van der Waals surface area contributed by atoms with Crippen molar-refractivity contribution in [3.05, 3.63) is 14.2 Å². The van der Waals surface area contributed by atoms with Crippen molar-refractivity contribution in [3.8, 4) is 0 Å². The van der Waals surface area contributed by atoms with Crippen LogP contribution in [0.3, 0.4) is 0 Å². The van der Waals surface area contributed by atoms with Crippen molar-refractivity contribution in [1.29, 1.82) is 0 Å². The van der Waals surface area contributed by atoms with E-state index in [1.165, 1.54) is 0 Å². The molecule has 0 amide bonds. The average Bonchev–Trinajstić information content (AvgIpc) is 1.88. The van der Waals surface area contributed by atoms with E-state index in [2.05, 4.69) is 9.47 Å². The summed E-state index contributed by atoms with van der Waals surface area (Å²) in [5.41, 5.74) is 0. The molecule has 0 aliphatic carbocycles. The van der Waals surface area contributed by atoms with E-state index in [1.807, 2.05) is 6.92 Å². The van der Waals surface area contributed by atoms with E-state index >= 15 is 0 Å². The van der Waals surface area contributed by atoms with Crippen LogP contribution >= 0.6 is 0 Å². The van der Waals surface area contributed by atoms with Gasteiger partial charge in [0.25, 0.3) is 0 Å². The third kappa shape index (κ3) is 4.43. The Kier molecular flexibility index (Phi) is 5.99. The SMILES string of the molecule is [CH]OCC(CC)CO[CH]. The Morgan fingerprint density at radius 3 is 1.89 bits per heavy atom. The molecule has 0 saturated heterocycles. The van der Waals surface area contributed by atoms with Gasteiger partial charge in [-0.2, -0.15) is 0 Å². The van der Waals surface area contributed by atoms with Gasteiger partial charge in [-0.3, -0.25) is 0 Å². The Labute approximate surface area is 57.2 Å². The first kappa shape index (κ1) is 8.92. The van der Waals surface area contributed by atoms with Crippen LogP contribution in [-0.4, -0.2) is 13.2 Å². The lowest BCUT2D eigenvalue weighted by Crippen LogP contribution is -2.11. The molecule has 0 heterocycles. The summed E-state index contributed by atoms with van der Waals surface area (Å²) in [5, 5.41) is 0. The Hall–Kier alpha value is -0.0800. The fourth-order valence-electron chi connectivity index (χ4n) is 0.556. The van der Waals surface area contributed by atoms with Crippen LogP contribution in [0, 0.1) is 20.1 Å². The molecule has 0 atom stereocenters. The highest BCUT2D eigenvalue weighted by atomic mass is 16.5. The first-order valence-electron chi connectivity index (χ1n) is 2.98. The van der Waals surface area contributed by atoms with Gasteiger partial charge < -0.3 is 9.47 Å². The molecule has 2 nitrogen and oxygen atoms in total. The minimum atomic E-state index is 0.319. The maximum Gasteiger partial charge on any atom is 0.115 e. The smallest absolute Gasteiger partial charge is 0.115 e. The molecule has 0 aliphatic heterocycles. The molecular formula is C7H12O2. The van der Waals surface area contributed by atoms with Gasteiger partial charge >= 0.3 is 0 Å². The summed E-state index contributed by atoms with van der Waals surface area (Å²) in [6.07, 6.45) is 0.967. The van der Waals surface area contributed by atoms with E-state index in [0.717, 1.165) is 6.42 Å². The normalized spacial score (nSPS) is 10.7. The topological polar surface area (TPSA) is 18.5 Å². The van der Waals surface area contributed by atoms with Crippen molar-refractivity contribution in [2.45, 2.75) is 13.3 Å². The first-order chi connectivity index (χ1) is 4.35. The van der Waals surface area contributed by atoms with E-state index in [9.17, 15) is 0 Å². The summed E-state index contributed by atoms with van der Waals surface area (Å²) in [6, 6.07) is 0. The summed E-state index contributed by atoms with van der Waals surface area (Å²) in [5.74, 6) is 0.319. The van der Waals surface area contributed by atoms with Gasteiger partial charge in [0, 0.05) is 5.92 Å². The summed E-state index contributed by atoms with van der Waals surface area (Å²) < 4.78 is 8.82. The van der Waals surface area contributed by atoms with E-state index in [-0.39, 0.29) is 0 Å². The van der Waals surface area contributed by atoms with E-state index in [0.29, 0.717) is 19.1 Å². The lowest BCUT2D eigenvalue weighted by Gasteiger charge is -2.10. The second kappa shape index (κ2) is 6.05. The molecule has 4 radical (unpaired) electrons. The van der Waals surface area contributed by atoms with Crippen LogP contribution in [0.25, 0.3) is 0 Å². The highest BCUT2D eigenvalue weighted by Crippen LogP contribution is 2.02. The van der Waals surface area contributed by atoms with Gasteiger partial charge in [0.05, 0.1) is 13.2 Å². The number of hydrogen-bond acceptors (Lipinski definition) is 2. The van der Waals surface area contributed by atoms with Crippen molar-refractivity contribution < 1.29 is 9.47 Å². The monoisotopic (exact) mass is 128 g/mol. The van der Waals surface area contributed by atoms with Gasteiger partial charge in [0.1, 0.15) is 14.2 Å². The van der Waals surface area contributed by atoms with Crippen LogP contribution in [0.15, 0.2) is 0 Å². The minimum absolute atomic E-state index is 0.319. The summed E-state index contributed by atoms with van der Waals surface area (Å²) in [4.78, 5) is 0. The molecule has 2 heteroatoms. The highest BCUT2D eigenvalue weighted by molar-refractivity contribution is 4.53. The van der Waals surface area contributed by atoms with Crippen molar-refractivity contribution in [2.75, 3.05) is 13.2 Å². The second-order valence-electron chi connectivity index (χ2n) is 1.94. The van der Waals surface area contributed by atoms with E-state index < -0.39 is 0 Å². The standard InChI is InChI=1S/C7H12O2/c1-4-7(5-8-2)6-9-3/h2-3,7H,4-6H2,1H3. The van der Waals surface area contributed by atoms with Gasteiger partial charge in [-0.25, -0.2) is 0 Å². The Bertz CT molecular complexity index is 48.9. The lowest BCUT2D eigenvalue weighted by atomic mass is 10.1. The van der Waals surface area contributed by atoms with Crippen LogP contribution < -0.4 is 0 Å². The number of hydrogen-bond donors (Lipinski definition) is 0. The Morgan fingerprint density at radius 1 is 1.22 bits per heavy atom. The average molecular weight is 128 g/mol. The predicted octanol–water partition coefficient (Wildman–Crippen LogP) is 1.38. The van der Waals surface area contributed by atoms with Crippen molar-refractivity contribution in [1.82, 2.24) is 0 Å². The third-order valence-electron chi connectivity index (χ3n) is 1.24. The first-order valence-corrected chi connectivity index (χ1v) is 2.98. The van der Waals surface area contributed by atoms with Crippen molar-refractivity contribution in [2.24, 2.45) is 5.92 Å².